The van der Waals surface area contributed by atoms with E-state index in [0.29, 0.717) is 29.5 Å². The number of carbonyl (C=O) groups excluding carboxylic acids is 1. The molecule has 0 heterocycles. The van der Waals surface area contributed by atoms with E-state index in [-0.39, 0.29) is 5.91 Å². The number of hydrogen-bond acceptors (Lipinski definition) is 4. The van der Waals surface area contributed by atoms with Gasteiger partial charge < -0.3 is 19.7 Å². The van der Waals surface area contributed by atoms with Crippen molar-refractivity contribution in [2.75, 3.05) is 40.2 Å². The lowest BCUT2D eigenvalue weighted by Gasteiger charge is -2.14. The zero-order valence-electron chi connectivity index (χ0n) is 12.3. The zero-order valence-corrected chi connectivity index (χ0v) is 13.1. The van der Waals surface area contributed by atoms with Crippen LogP contribution >= 0.6 is 11.6 Å². The summed E-state index contributed by atoms with van der Waals surface area (Å²) in [5.41, 5.74) is 0.797. The van der Waals surface area contributed by atoms with Gasteiger partial charge in [-0.05, 0) is 6.42 Å². The Hall–Kier alpha value is -1.62. The van der Waals surface area contributed by atoms with Crippen LogP contribution in [0.15, 0.2) is 12.1 Å². The molecule has 0 aliphatic rings. The highest BCUT2D eigenvalue weighted by molar-refractivity contribution is 6.32. The molecule has 0 spiro atoms. The fourth-order valence-electron chi connectivity index (χ4n) is 1.68. The van der Waals surface area contributed by atoms with Crippen molar-refractivity contribution in [2.24, 2.45) is 0 Å². The summed E-state index contributed by atoms with van der Waals surface area (Å²) < 4.78 is 10.4. The van der Waals surface area contributed by atoms with Gasteiger partial charge in [0, 0.05) is 39.2 Å². The van der Waals surface area contributed by atoms with Gasteiger partial charge in [-0.25, -0.2) is 0 Å². The van der Waals surface area contributed by atoms with E-state index in [1.807, 2.05) is 0 Å². The fraction of sp³-hybridized carbons (Fsp3) is 0.500. The van der Waals surface area contributed by atoms with Crippen LogP contribution in [0.5, 0.6) is 11.5 Å². The summed E-state index contributed by atoms with van der Waals surface area (Å²) in [4.78, 5) is 13.0. The summed E-state index contributed by atoms with van der Waals surface area (Å²) in [6, 6.07) is 3.49. The number of carbonyl (C=O) groups is 1. The van der Waals surface area contributed by atoms with Crippen LogP contribution < -0.4 is 14.8 Å². The number of methoxy groups -OCH3 is 2. The summed E-state index contributed by atoms with van der Waals surface area (Å²) in [5, 5.41) is 3.72. The molecule has 0 fully saturated rings. The second-order valence-corrected chi connectivity index (χ2v) is 4.91. The largest absolute Gasteiger partial charge is 0.495 e. The molecule has 0 saturated heterocycles. The lowest BCUT2D eigenvalue weighted by atomic mass is 10.2. The van der Waals surface area contributed by atoms with E-state index in [9.17, 15) is 4.79 Å². The van der Waals surface area contributed by atoms with E-state index in [1.165, 1.54) is 0 Å². The van der Waals surface area contributed by atoms with Crippen molar-refractivity contribution >= 4 is 23.2 Å². The minimum atomic E-state index is 0.118. The molecule has 0 unspecified atom stereocenters. The highest BCUT2D eigenvalue weighted by Gasteiger charge is 2.10. The van der Waals surface area contributed by atoms with Crippen LogP contribution in [0.1, 0.15) is 12.8 Å². The molecule has 112 valence electrons. The van der Waals surface area contributed by atoms with Crippen LogP contribution in [0.4, 0.5) is 5.69 Å². The topological polar surface area (TPSA) is 50.8 Å². The second-order valence-electron chi connectivity index (χ2n) is 4.51. The van der Waals surface area contributed by atoms with E-state index in [0.717, 1.165) is 12.1 Å². The average molecular weight is 301 g/mol. The maximum atomic E-state index is 11.5. The molecule has 1 rings (SSSR count). The van der Waals surface area contributed by atoms with Crippen LogP contribution in [0.2, 0.25) is 5.02 Å². The van der Waals surface area contributed by atoms with Gasteiger partial charge >= 0.3 is 0 Å². The highest BCUT2D eigenvalue weighted by Crippen LogP contribution is 2.35. The number of rotatable bonds is 7. The van der Waals surface area contributed by atoms with Gasteiger partial charge in [0.05, 0.1) is 24.9 Å². The number of hydrogen-bond donors (Lipinski definition) is 1. The van der Waals surface area contributed by atoms with Crippen LogP contribution in [-0.2, 0) is 4.79 Å². The fourth-order valence-corrected chi connectivity index (χ4v) is 1.92. The molecular formula is C14H21ClN2O3. The average Bonchev–Trinajstić information content (AvgIpc) is 2.43. The summed E-state index contributed by atoms with van der Waals surface area (Å²) in [6.07, 6.45) is 1.25. The molecule has 0 radical (unpaired) electrons. The minimum Gasteiger partial charge on any atom is -0.495 e. The van der Waals surface area contributed by atoms with Crippen molar-refractivity contribution in [1.82, 2.24) is 4.90 Å². The molecule has 5 nitrogen and oxygen atoms in total. The molecule has 0 saturated carbocycles. The van der Waals surface area contributed by atoms with Gasteiger partial charge in [-0.3, -0.25) is 4.79 Å². The standard InChI is InChI=1S/C14H21ClN2O3/c1-17(2)14(18)6-5-7-16-11-9-12(19-3)10(15)8-13(11)20-4/h8-9,16H,5-7H2,1-4H3. The summed E-state index contributed by atoms with van der Waals surface area (Å²) in [5.74, 6) is 1.35. The Balaban J connectivity index is 2.61. The monoisotopic (exact) mass is 300 g/mol. The molecule has 1 amide bonds. The summed E-state index contributed by atoms with van der Waals surface area (Å²) in [7, 11) is 6.65. The van der Waals surface area contributed by atoms with Crippen molar-refractivity contribution in [2.45, 2.75) is 12.8 Å². The second kappa shape index (κ2) is 7.85. The lowest BCUT2D eigenvalue weighted by molar-refractivity contribution is -0.128. The molecular weight excluding hydrogens is 280 g/mol. The van der Waals surface area contributed by atoms with E-state index in [4.69, 9.17) is 21.1 Å². The number of benzene rings is 1. The van der Waals surface area contributed by atoms with Gasteiger partial charge in [0.25, 0.3) is 0 Å². The van der Waals surface area contributed by atoms with Crippen LogP contribution in [0.25, 0.3) is 0 Å². The smallest absolute Gasteiger partial charge is 0.222 e. The molecule has 0 atom stereocenters. The van der Waals surface area contributed by atoms with E-state index in [2.05, 4.69) is 5.32 Å². The van der Waals surface area contributed by atoms with Crippen molar-refractivity contribution in [3.8, 4) is 11.5 Å². The van der Waals surface area contributed by atoms with Crippen molar-refractivity contribution in [3.63, 3.8) is 0 Å². The number of halogens is 1. The van der Waals surface area contributed by atoms with Gasteiger partial charge in [-0.15, -0.1) is 0 Å². The maximum Gasteiger partial charge on any atom is 0.222 e. The third-order valence-electron chi connectivity index (χ3n) is 2.86. The van der Waals surface area contributed by atoms with E-state index in [1.54, 1.807) is 45.3 Å². The van der Waals surface area contributed by atoms with Crippen LogP contribution in [-0.4, -0.2) is 45.7 Å². The molecule has 1 aromatic carbocycles. The number of nitrogens with one attached hydrogen (secondary N) is 1. The first-order valence-corrected chi connectivity index (χ1v) is 6.73. The quantitative estimate of drug-likeness (QED) is 0.787. The van der Waals surface area contributed by atoms with Gasteiger partial charge in [0.1, 0.15) is 11.5 Å². The normalized spacial score (nSPS) is 10.1. The van der Waals surface area contributed by atoms with E-state index < -0.39 is 0 Å². The van der Waals surface area contributed by atoms with Gasteiger partial charge in [-0.1, -0.05) is 11.6 Å². The first-order valence-electron chi connectivity index (χ1n) is 6.35. The third-order valence-corrected chi connectivity index (χ3v) is 3.15. The Morgan fingerprint density at radius 2 is 1.90 bits per heavy atom. The zero-order chi connectivity index (χ0) is 15.1. The molecule has 0 bridgehead atoms. The third kappa shape index (κ3) is 4.49. The first-order chi connectivity index (χ1) is 9.49. The predicted octanol–water partition coefficient (Wildman–Crippen LogP) is 2.64. The Kier molecular flexibility index (Phi) is 6.45. The number of nitrogens with zero attached hydrogens (tertiary/aromatic N) is 1. The number of anilines is 1. The summed E-state index contributed by atoms with van der Waals surface area (Å²) in [6.45, 7) is 0.667. The Morgan fingerprint density at radius 3 is 2.45 bits per heavy atom. The van der Waals surface area contributed by atoms with Gasteiger partial charge in [0.2, 0.25) is 5.91 Å². The van der Waals surface area contributed by atoms with Crippen LogP contribution in [0.3, 0.4) is 0 Å². The summed E-state index contributed by atoms with van der Waals surface area (Å²) >= 11 is 6.04. The van der Waals surface area contributed by atoms with Crippen LogP contribution in [0, 0.1) is 0 Å². The molecule has 6 heteroatoms. The maximum absolute atomic E-state index is 11.5. The number of amides is 1. The van der Waals surface area contributed by atoms with Crippen molar-refractivity contribution < 1.29 is 14.3 Å². The first kappa shape index (κ1) is 16.4. The van der Waals surface area contributed by atoms with Gasteiger partial charge in [-0.2, -0.15) is 0 Å². The van der Waals surface area contributed by atoms with Crippen molar-refractivity contribution in [3.05, 3.63) is 17.2 Å². The molecule has 1 N–H and O–H groups in total. The molecule has 0 aromatic heterocycles. The molecule has 0 aliphatic carbocycles. The molecule has 1 aromatic rings. The van der Waals surface area contributed by atoms with E-state index >= 15 is 0 Å². The molecule has 20 heavy (non-hydrogen) atoms. The number of ether oxygens (including phenoxy) is 2. The predicted molar refractivity (Wildman–Crippen MR) is 81.0 cm³/mol. The molecule has 0 aliphatic heterocycles. The van der Waals surface area contributed by atoms with Gasteiger partial charge in [0.15, 0.2) is 0 Å². The van der Waals surface area contributed by atoms with Crippen molar-refractivity contribution in [1.29, 1.82) is 0 Å². The lowest BCUT2D eigenvalue weighted by Crippen LogP contribution is -2.22. The highest BCUT2D eigenvalue weighted by atomic mass is 35.5. The SMILES string of the molecule is COc1cc(NCCCC(=O)N(C)C)c(OC)cc1Cl. The Morgan fingerprint density at radius 1 is 1.25 bits per heavy atom. The Bertz CT molecular complexity index is 464. The Labute approximate surface area is 124 Å². The minimum absolute atomic E-state index is 0.118.